The Kier molecular flexibility index (Phi) is 9.06. The van der Waals surface area contributed by atoms with Crippen molar-refractivity contribution in [3.05, 3.63) is 71.4 Å². The molecule has 0 saturated heterocycles. The lowest BCUT2D eigenvalue weighted by Crippen LogP contribution is -2.37. The summed E-state index contributed by atoms with van der Waals surface area (Å²) >= 11 is 0. The van der Waals surface area contributed by atoms with Crippen LogP contribution in [0.15, 0.2) is 54.6 Å². The lowest BCUT2D eigenvalue weighted by Gasteiger charge is -2.27. The molecular formula is C27H37N3O3. The average Bonchev–Trinajstić information content (AvgIpc) is 3.16. The summed E-state index contributed by atoms with van der Waals surface area (Å²) in [5, 5.41) is 15.5. The van der Waals surface area contributed by atoms with E-state index in [0.717, 1.165) is 29.1 Å². The van der Waals surface area contributed by atoms with Gasteiger partial charge in [-0.2, -0.15) is 5.10 Å². The van der Waals surface area contributed by atoms with Crippen LogP contribution in [0.3, 0.4) is 0 Å². The van der Waals surface area contributed by atoms with Crippen LogP contribution in [0.2, 0.25) is 0 Å². The highest BCUT2D eigenvalue weighted by Gasteiger charge is 2.24. The van der Waals surface area contributed by atoms with E-state index in [4.69, 9.17) is 14.6 Å². The van der Waals surface area contributed by atoms with E-state index in [0.29, 0.717) is 32.1 Å². The summed E-state index contributed by atoms with van der Waals surface area (Å²) in [5.41, 5.74) is 4.16. The maximum atomic E-state index is 10.6. The molecule has 0 radical (unpaired) electrons. The molecule has 1 aromatic heterocycles. The normalized spacial score (nSPS) is 12.5. The highest BCUT2D eigenvalue weighted by molar-refractivity contribution is 5.44. The summed E-state index contributed by atoms with van der Waals surface area (Å²) in [6.45, 7) is 10.7. The average molecular weight is 452 g/mol. The molecule has 0 fully saturated rings. The van der Waals surface area contributed by atoms with Gasteiger partial charge in [0, 0.05) is 26.7 Å². The summed E-state index contributed by atoms with van der Waals surface area (Å²) in [5.74, 6) is 1.66. The molecule has 0 saturated carbocycles. The minimum atomic E-state index is -0.419. The lowest BCUT2D eigenvalue weighted by atomic mass is 10.1. The molecule has 0 unspecified atom stereocenters. The van der Waals surface area contributed by atoms with E-state index in [1.807, 2.05) is 73.1 Å². The topological polar surface area (TPSA) is 59.8 Å². The molecule has 33 heavy (non-hydrogen) atoms. The Bertz CT molecular complexity index is 984. The number of hydrogen-bond donors (Lipinski definition) is 1. The first-order valence-corrected chi connectivity index (χ1v) is 11.7. The molecule has 0 spiro atoms. The van der Waals surface area contributed by atoms with Crippen molar-refractivity contribution in [3.63, 3.8) is 0 Å². The van der Waals surface area contributed by atoms with Crippen molar-refractivity contribution >= 4 is 0 Å². The van der Waals surface area contributed by atoms with Gasteiger partial charge in [-0.3, -0.25) is 4.90 Å². The molecule has 1 heterocycles. The number of hydrogen-bond acceptors (Lipinski definition) is 5. The third-order valence-corrected chi connectivity index (χ3v) is 5.80. The Hall–Kier alpha value is -2.67. The molecule has 0 aliphatic carbocycles. The van der Waals surface area contributed by atoms with Gasteiger partial charge in [0.25, 0.3) is 0 Å². The number of aliphatic hydroxyl groups is 1. The van der Waals surface area contributed by atoms with E-state index in [1.165, 1.54) is 5.56 Å². The third kappa shape index (κ3) is 6.67. The molecule has 2 aromatic carbocycles. The smallest absolute Gasteiger partial charge is 0.227 e. The van der Waals surface area contributed by atoms with Crippen LogP contribution in [0.4, 0.5) is 0 Å². The molecule has 6 heteroatoms. The van der Waals surface area contributed by atoms with Crippen molar-refractivity contribution in [1.29, 1.82) is 0 Å². The number of aromatic nitrogens is 2. The molecule has 178 valence electrons. The minimum Gasteiger partial charge on any atom is -0.439 e. The van der Waals surface area contributed by atoms with Crippen molar-refractivity contribution in [2.24, 2.45) is 5.92 Å². The zero-order valence-electron chi connectivity index (χ0n) is 20.5. The Morgan fingerprint density at radius 3 is 2.36 bits per heavy atom. The molecule has 1 N–H and O–H groups in total. The van der Waals surface area contributed by atoms with Gasteiger partial charge in [0.1, 0.15) is 5.75 Å². The van der Waals surface area contributed by atoms with Gasteiger partial charge < -0.3 is 14.6 Å². The van der Waals surface area contributed by atoms with E-state index >= 15 is 0 Å². The van der Waals surface area contributed by atoms with Crippen molar-refractivity contribution in [2.75, 3.05) is 26.8 Å². The maximum Gasteiger partial charge on any atom is 0.227 e. The maximum absolute atomic E-state index is 10.6. The molecule has 1 atom stereocenters. The van der Waals surface area contributed by atoms with Gasteiger partial charge in [0.2, 0.25) is 5.88 Å². The van der Waals surface area contributed by atoms with Gasteiger partial charge in [-0.05, 0) is 43.5 Å². The van der Waals surface area contributed by atoms with Crippen LogP contribution in [-0.4, -0.2) is 52.7 Å². The van der Waals surface area contributed by atoms with Gasteiger partial charge >= 0.3 is 0 Å². The molecule has 0 bridgehead atoms. The minimum absolute atomic E-state index is 0.177. The first-order valence-electron chi connectivity index (χ1n) is 11.7. The predicted molar refractivity (Wildman–Crippen MR) is 132 cm³/mol. The zero-order valence-corrected chi connectivity index (χ0v) is 20.5. The van der Waals surface area contributed by atoms with Gasteiger partial charge in [0.05, 0.1) is 29.7 Å². The first kappa shape index (κ1) is 25.0. The summed E-state index contributed by atoms with van der Waals surface area (Å²) in [7, 11) is 1.70. The van der Waals surface area contributed by atoms with Crippen LogP contribution in [0.25, 0.3) is 5.69 Å². The van der Waals surface area contributed by atoms with Crippen molar-refractivity contribution in [1.82, 2.24) is 14.7 Å². The van der Waals surface area contributed by atoms with Gasteiger partial charge in [-0.15, -0.1) is 0 Å². The summed E-state index contributed by atoms with van der Waals surface area (Å²) in [4.78, 5) is 2.22. The fourth-order valence-corrected chi connectivity index (χ4v) is 3.64. The predicted octanol–water partition coefficient (Wildman–Crippen LogP) is 5.00. The van der Waals surface area contributed by atoms with Gasteiger partial charge in [0.15, 0.2) is 0 Å². The zero-order chi connectivity index (χ0) is 23.8. The molecular weight excluding hydrogens is 414 g/mol. The number of benzene rings is 2. The Labute approximate surface area is 197 Å². The summed E-state index contributed by atoms with van der Waals surface area (Å²) in [6.07, 6.45) is 0.363. The van der Waals surface area contributed by atoms with Crippen LogP contribution >= 0.6 is 0 Å². The molecule has 0 amide bonds. The fourth-order valence-electron chi connectivity index (χ4n) is 3.64. The second kappa shape index (κ2) is 12.0. The summed E-state index contributed by atoms with van der Waals surface area (Å²) in [6, 6.07) is 18.1. The number of rotatable bonds is 12. The van der Waals surface area contributed by atoms with Crippen LogP contribution in [0.1, 0.15) is 37.6 Å². The number of aryl methyl sites for hydroxylation is 2. The number of para-hydroxylation sites is 1. The highest BCUT2D eigenvalue weighted by Crippen LogP contribution is 2.32. The van der Waals surface area contributed by atoms with Crippen LogP contribution < -0.4 is 4.74 Å². The van der Waals surface area contributed by atoms with E-state index < -0.39 is 6.10 Å². The number of nitrogens with zero attached hydrogens (tertiary/aromatic N) is 3. The van der Waals surface area contributed by atoms with Gasteiger partial charge in [-0.25, -0.2) is 4.68 Å². The second-order valence-corrected chi connectivity index (χ2v) is 8.79. The Morgan fingerprint density at radius 1 is 1.06 bits per heavy atom. The van der Waals surface area contributed by atoms with Crippen LogP contribution in [0.5, 0.6) is 11.6 Å². The quantitative estimate of drug-likeness (QED) is 0.420. The number of methoxy groups -OCH3 is 1. The third-order valence-electron chi connectivity index (χ3n) is 5.80. The largest absolute Gasteiger partial charge is 0.439 e. The molecule has 0 aliphatic heterocycles. The number of aliphatic hydroxyl groups excluding tert-OH is 1. The second-order valence-electron chi connectivity index (χ2n) is 8.79. The molecule has 3 aromatic rings. The first-order chi connectivity index (χ1) is 15.9. The van der Waals surface area contributed by atoms with Gasteiger partial charge in [-0.1, -0.05) is 56.7 Å². The standard InChI is InChI=1S/C27H37N3O3/c1-6-25-24(18-29(16-17-32-5)19-26(31)20(2)3)27(33-23-14-12-21(4)13-15-23)30(28-25)22-10-8-7-9-11-22/h7-15,20,26,31H,6,16-19H2,1-5H3/t26-/m0/s1. The van der Waals surface area contributed by atoms with Crippen LogP contribution in [-0.2, 0) is 17.7 Å². The summed E-state index contributed by atoms with van der Waals surface area (Å²) < 4.78 is 13.7. The number of ether oxygens (including phenoxy) is 2. The van der Waals surface area contributed by atoms with Crippen molar-refractivity contribution < 1.29 is 14.6 Å². The van der Waals surface area contributed by atoms with Crippen molar-refractivity contribution in [2.45, 2.75) is 46.8 Å². The molecule has 6 nitrogen and oxygen atoms in total. The highest BCUT2D eigenvalue weighted by atomic mass is 16.5. The monoisotopic (exact) mass is 451 g/mol. The lowest BCUT2D eigenvalue weighted by molar-refractivity contribution is 0.0588. The SMILES string of the molecule is CCc1nn(-c2ccccc2)c(Oc2ccc(C)cc2)c1CN(CCOC)C[C@H](O)C(C)C. The van der Waals surface area contributed by atoms with E-state index in [9.17, 15) is 5.11 Å². The van der Waals surface area contributed by atoms with E-state index in [1.54, 1.807) is 7.11 Å². The van der Waals surface area contributed by atoms with Crippen molar-refractivity contribution in [3.8, 4) is 17.3 Å². The fraction of sp³-hybridized carbons (Fsp3) is 0.444. The Balaban J connectivity index is 2.03. The van der Waals surface area contributed by atoms with Crippen LogP contribution in [0, 0.1) is 12.8 Å². The molecule has 3 rings (SSSR count). The van der Waals surface area contributed by atoms with E-state index in [2.05, 4.69) is 18.7 Å². The molecule has 0 aliphatic rings. The Morgan fingerprint density at radius 2 is 1.76 bits per heavy atom. The van der Waals surface area contributed by atoms with E-state index in [-0.39, 0.29) is 5.92 Å².